The second-order valence-corrected chi connectivity index (χ2v) is 4.90. The maximum Gasteiger partial charge on any atom is 0.416 e. The van der Waals surface area contributed by atoms with Crippen molar-refractivity contribution in [1.29, 1.82) is 0 Å². The Labute approximate surface area is 124 Å². The Morgan fingerprint density at radius 3 is 2.24 bits per heavy atom. The fraction of sp³-hybridized carbons (Fsp3) is 0.417. The molecule has 0 N–H and O–H groups in total. The smallest absolute Gasteiger partial charge is 0.329 e. The van der Waals surface area contributed by atoms with Crippen molar-refractivity contribution in [2.24, 2.45) is 0 Å². The lowest BCUT2D eigenvalue weighted by atomic mass is 10.1. The quantitative estimate of drug-likeness (QED) is 0.571. The highest BCUT2D eigenvalue weighted by atomic mass is 79.9. The zero-order valence-corrected chi connectivity index (χ0v) is 12.0. The molecule has 0 spiro atoms. The Bertz CT molecular complexity index is 499. The molecule has 1 rings (SSSR count). The monoisotopic (exact) mass is 377 g/mol. The van der Waals surface area contributed by atoms with Crippen molar-refractivity contribution in [3.05, 3.63) is 35.4 Å². The van der Waals surface area contributed by atoms with Gasteiger partial charge in [0.25, 0.3) is 5.91 Å². The van der Waals surface area contributed by atoms with Crippen LogP contribution < -0.4 is 0 Å². The first-order valence-corrected chi connectivity index (χ1v) is 6.76. The summed E-state index contributed by atoms with van der Waals surface area (Å²) in [6.45, 7) is -1.79. The molecule has 1 aromatic rings. The van der Waals surface area contributed by atoms with E-state index in [9.17, 15) is 31.1 Å². The third-order valence-electron chi connectivity index (χ3n) is 2.45. The molecule has 0 bridgehead atoms. The molecule has 9 heteroatoms. The van der Waals surface area contributed by atoms with Crippen molar-refractivity contribution in [2.45, 2.75) is 12.4 Å². The van der Waals surface area contributed by atoms with Crippen molar-refractivity contribution >= 4 is 21.8 Å². The van der Waals surface area contributed by atoms with Crippen LogP contribution in [0.15, 0.2) is 24.3 Å². The Morgan fingerprint density at radius 1 is 1.14 bits per heavy atom. The lowest BCUT2D eigenvalue weighted by molar-refractivity contribution is -0.140. The van der Waals surface area contributed by atoms with Gasteiger partial charge in [0.1, 0.15) is 6.54 Å². The van der Waals surface area contributed by atoms with E-state index in [1.165, 1.54) is 0 Å². The van der Waals surface area contributed by atoms with E-state index in [-0.39, 0.29) is 11.9 Å². The minimum absolute atomic E-state index is 0.0772. The van der Waals surface area contributed by atoms with Crippen LogP contribution in [0.4, 0.5) is 26.3 Å². The molecule has 0 atom stereocenters. The molecule has 0 aliphatic carbocycles. The van der Waals surface area contributed by atoms with E-state index >= 15 is 0 Å². The van der Waals surface area contributed by atoms with E-state index < -0.39 is 35.9 Å². The molecule has 0 radical (unpaired) electrons. The molecule has 0 heterocycles. The van der Waals surface area contributed by atoms with Gasteiger partial charge in [-0.2, -0.15) is 26.3 Å². The van der Waals surface area contributed by atoms with Gasteiger partial charge < -0.3 is 4.90 Å². The largest absolute Gasteiger partial charge is 0.416 e. The highest BCUT2D eigenvalue weighted by molar-refractivity contribution is 9.09. The predicted octanol–water partition coefficient (Wildman–Crippen LogP) is 4.10. The fourth-order valence-electron chi connectivity index (χ4n) is 1.58. The van der Waals surface area contributed by atoms with Gasteiger partial charge >= 0.3 is 12.4 Å². The summed E-state index contributed by atoms with van der Waals surface area (Å²) in [5.41, 5.74) is -1.52. The molecule has 1 amide bonds. The number of carbonyl (C=O) groups excluding carboxylic acids is 1. The summed E-state index contributed by atoms with van der Waals surface area (Å²) in [6, 6.07) is 3.32. The summed E-state index contributed by atoms with van der Waals surface area (Å²) < 4.78 is 74.8. The number of benzene rings is 1. The summed E-state index contributed by atoms with van der Waals surface area (Å²) in [4.78, 5) is 12.4. The van der Waals surface area contributed by atoms with Crippen LogP contribution in [0.25, 0.3) is 0 Å². The third-order valence-corrected chi connectivity index (χ3v) is 2.80. The highest BCUT2D eigenvalue weighted by Gasteiger charge is 2.34. The fourth-order valence-corrected chi connectivity index (χ4v) is 2.01. The number of halogens is 7. The van der Waals surface area contributed by atoms with E-state index in [2.05, 4.69) is 15.9 Å². The second-order valence-electron chi connectivity index (χ2n) is 4.11. The van der Waals surface area contributed by atoms with Crippen LogP contribution in [0, 0.1) is 0 Å². The van der Waals surface area contributed by atoms with Crippen LogP contribution in [0.3, 0.4) is 0 Å². The zero-order chi connectivity index (χ0) is 16.3. The number of nitrogens with zero attached hydrogens (tertiary/aromatic N) is 1. The van der Waals surface area contributed by atoms with E-state index in [1.54, 1.807) is 0 Å². The lowest BCUT2D eigenvalue weighted by Crippen LogP contribution is -2.40. The molecule has 0 saturated heterocycles. The van der Waals surface area contributed by atoms with Crippen molar-refractivity contribution in [2.75, 3.05) is 18.4 Å². The molecule has 2 nitrogen and oxygen atoms in total. The normalized spacial score (nSPS) is 12.3. The first kappa shape index (κ1) is 17.8. The minimum atomic E-state index is -4.67. The Balaban J connectivity index is 3.04. The molecule has 1 aromatic carbocycles. The highest BCUT2D eigenvalue weighted by Crippen LogP contribution is 2.30. The van der Waals surface area contributed by atoms with Crippen molar-refractivity contribution in [1.82, 2.24) is 4.90 Å². The van der Waals surface area contributed by atoms with Crippen molar-refractivity contribution in [3.8, 4) is 0 Å². The van der Waals surface area contributed by atoms with Gasteiger partial charge in [0, 0.05) is 17.4 Å². The van der Waals surface area contributed by atoms with Gasteiger partial charge in [-0.05, 0) is 18.2 Å². The summed E-state index contributed by atoms with van der Waals surface area (Å²) >= 11 is 2.90. The van der Waals surface area contributed by atoms with Crippen molar-refractivity contribution < 1.29 is 31.1 Å². The standard InChI is InChI=1S/C12H10BrF6NO/c13-4-5-20(7-11(14,15)16)10(21)8-2-1-3-9(6-8)12(17,18)19/h1-3,6H,4-5,7H2. The van der Waals surface area contributed by atoms with Crippen molar-refractivity contribution in [3.63, 3.8) is 0 Å². The average molecular weight is 378 g/mol. The average Bonchev–Trinajstić information content (AvgIpc) is 2.35. The van der Waals surface area contributed by atoms with E-state index in [1.807, 2.05) is 0 Å². The molecule has 0 aromatic heterocycles. The molecule has 118 valence electrons. The van der Waals surface area contributed by atoms with E-state index in [0.29, 0.717) is 11.0 Å². The Kier molecular flexibility index (Phi) is 5.66. The van der Waals surface area contributed by atoms with Gasteiger partial charge in [-0.25, -0.2) is 0 Å². The maximum absolute atomic E-state index is 12.5. The number of amides is 1. The number of hydrogen-bond acceptors (Lipinski definition) is 1. The van der Waals surface area contributed by atoms with Crippen LogP contribution >= 0.6 is 15.9 Å². The Hall–Kier alpha value is -1.25. The van der Waals surface area contributed by atoms with Crippen LogP contribution in [0.2, 0.25) is 0 Å². The molecular formula is C12H10BrF6NO. The van der Waals surface area contributed by atoms with Gasteiger partial charge in [0.15, 0.2) is 0 Å². The molecule has 0 aliphatic rings. The van der Waals surface area contributed by atoms with E-state index in [0.717, 1.165) is 18.2 Å². The molecule has 0 fully saturated rings. The second kappa shape index (κ2) is 6.67. The molecule has 21 heavy (non-hydrogen) atoms. The number of carbonyl (C=O) groups is 1. The van der Waals surface area contributed by atoms with Gasteiger partial charge in [-0.15, -0.1) is 0 Å². The molecular weight excluding hydrogens is 368 g/mol. The lowest BCUT2D eigenvalue weighted by Gasteiger charge is -2.23. The molecule has 0 aliphatic heterocycles. The predicted molar refractivity (Wildman–Crippen MR) is 67.2 cm³/mol. The SMILES string of the molecule is O=C(c1cccc(C(F)(F)F)c1)N(CCBr)CC(F)(F)F. The minimum Gasteiger partial charge on any atom is -0.329 e. The topological polar surface area (TPSA) is 20.3 Å². The van der Waals surface area contributed by atoms with E-state index in [4.69, 9.17) is 0 Å². The van der Waals surface area contributed by atoms with Crippen LogP contribution in [-0.4, -0.2) is 35.4 Å². The van der Waals surface area contributed by atoms with Gasteiger partial charge in [-0.1, -0.05) is 22.0 Å². The Morgan fingerprint density at radius 2 is 1.76 bits per heavy atom. The number of alkyl halides is 7. The zero-order valence-electron chi connectivity index (χ0n) is 10.4. The third kappa shape index (κ3) is 5.56. The summed E-state index contributed by atoms with van der Waals surface area (Å²) in [7, 11) is 0. The van der Waals surface area contributed by atoms with Gasteiger partial charge in [-0.3, -0.25) is 4.79 Å². The number of rotatable bonds is 4. The summed E-state index contributed by atoms with van der Waals surface area (Å²) in [5.74, 6) is -1.10. The van der Waals surface area contributed by atoms with Crippen LogP contribution in [-0.2, 0) is 6.18 Å². The van der Waals surface area contributed by atoms with Crippen LogP contribution in [0.5, 0.6) is 0 Å². The summed E-state index contributed by atoms with van der Waals surface area (Å²) in [5, 5.41) is 0.0772. The molecule has 0 unspecified atom stereocenters. The van der Waals surface area contributed by atoms with Crippen LogP contribution in [0.1, 0.15) is 15.9 Å². The van der Waals surface area contributed by atoms with Gasteiger partial charge in [0.2, 0.25) is 0 Å². The number of hydrogen-bond donors (Lipinski definition) is 0. The first-order valence-electron chi connectivity index (χ1n) is 5.64. The maximum atomic E-state index is 12.5. The molecule has 0 saturated carbocycles. The first-order chi connectivity index (χ1) is 9.54. The summed E-state index contributed by atoms with van der Waals surface area (Å²) in [6.07, 6.45) is -9.29. The van der Waals surface area contributed by atoms with Gasteiger partial charge in [0.05, 0.1) is 5.56 Å².